The largest absolute Gasteiger partial charge is 0.368 e. The van der Waals surface area contributed by atoms with Crippen molar-refractivity contribution in [2.24, 2.45) is 5.73 Å². The van der Waals surface area contributed by atoms with Gasteiger partial charge in [-0.05, 0) is 33.4 Å². The molecule has 0 spiro atoms. The summed E-state index contributed by atoms with van der Waals surface area (Å²) in [6.45, 7) is 0.944. The molecule has 0 heterocycles. The van der Waals surface area contributed by atoms with Crippen LogP contribution in [0, 0.1) is 0 Å². The van der Waals surface area contributed by atoms with Crippen LogP contribution < -0.4 is 11.1 Å². The lowest BCUT2D eigenvalue weighted by atomic mass is 10.2. The van der Waals surface area contributed by atoms with Gasteiger partial charge in [-0.15, -0.1) is 0 Å². The molecule has 4 nitrogen and oxygen atoms in total. The number of nitrogens with zero attached hydrogens (tertiary/aromatic N) is 1. The lowest BCUT2D eigenvalue weighted by molar-refractivity contribution is -0.120. The van der Waals surface area contributed by atoms with Crippen LogP contribution in [-0.4, -0.2) is 43.5 Å². The first-order valence-electron chi connectivity index (χ1n) is 4.82. The van der Waals surface area contributed by atoms with Crippen LogP contribution in [0.3, 0.4) is 0 Å². The highest BCUT2D eigenvalue weighted by Gasteiger charge is 2.26. The Morgan fingerprint density at radius 2 is 2.31 bits per heavy atom. The zero-order chi connectivity index (χ0) is 9.84. The maximum atomic E-state index is 10.9. The predicted molar refractivity (Wildman–Crippen MR) is 52.3 cm³/mol. The van der Waals surface area contributed by atoms with E-state index in [-0.39, 0.29) is 11.9 Å². The molecular formula is C9H19N3O. The molecule has 1 aliphatic carbocycles. The van der Waals surface area contributed by atoms with Gasteiger partial charge < -0.3 is 16.0 Å². The fraction of sp³-hybridized carbons (Fsp3) is 0.889. The van der Waals surface area contributed by atoms with Crippen LogP contribution in [0.2, 0.25) is 0 Å². The average Bonchev–Trinajstić information content (AvgIpc) is 2.86. The topological polar surface area (TPSA) is 58.4 Å². The first-order valence-corrected chi connectivity index (χ1v) is 4.82. The van der Waals surface area contributed by atoms with Crippen molar-refractivity contribution in [2.75, 3.05) is 20.6 Å². The molecule has 1 unspecified atom stereocenters. The van der Waals surface area contributed by atoms with Gasteiger partial charge in [0, 0.05) is 12.6 Å². The summed E-state index contributed by atoms with van der Waals surface area (Å²) in [6.07, 6.45) is 3.41. The lowest BCUT2D eigenvalue weighted by Gasteiger charge is -2.18. The van der Waals surface area contributed by atoms with E-state index in [1.54, 1.807) is 7.05 Å². The molecule has 0 aromatic rings. The van der Waals surface area contributed by atoms with Gasteiger partial charge in [-0.1, -0.05) is 0 Å². The molecule has 0 aliphatic heterocycles. The summed E-state index contributed by atoms with van der Waals surface area (Å²) in [5, 5.41) is 2.91. The van der Waals surface area contributed by atoms with E-state index in [0.717, 1.165) is 19.0 Å². The number of nitrogens with two attached hydrogens (primary N) is 1. The Labute approximate surface area is 79.5 Å². The van der Waals surface area contributed by atoms with E-state index in [9.17, 15) is 4.79 Å². The van der Waals surface area contributed by atoms with Gasteiger partial charge in [0.2, 0.25) is 5.91 Å². The van der Waals surface area contributed by atoms with Crippen molar-refractivity contribution in [3.8, 4) is 0 Å². The van der Waals surface area contributed by atoms with Gasteiger partial charge in [-0.25, -0.2) is 0 Å². The first kappa shape index (κ1) is 10.5. The normalized spacial score (nSPS) is 19.0. The summed E-state index contributed by atoms with van der Waals surface area (Å²) in [7, 11) is 3.87. The monoisotopic (exact) mass is 185 g/mol. The number of hydrogen-bond donors (Lipinski definition) is 2. The number of amides is 1. The molecule has 0 radical (unpaired) electrons. The van der Waals surface area contributed by atoms with Crippen LogP contribution in [0.5, 0.6) is 0 Å². The molecule has 1 amide bonds. The third kappa shape index (κ3) is 3.32. The zero-order valence-corrected chi connectivity index (χ0v) is 8.42. The highest BCUT2D eigenvalue weighted by Crippen LogP contribution is 2.25. The van der Waals surface area contributed by atoms with Gasteiger partial charge in [0.05, 0.1) is 6.04 Å². The minimum atomic E-state index is -0.258. The van der Waals surface area contributed by atoms with Crippen LogP contribution in [-0.2, 0) is 4.79 Å². The summed E-state index contributed by atoms with van der Waals surface area (Å²) in [4.78, 5) is 13.2. The van der Waals surface area contributed by atoms with Crippen LogP contribution in [0.15, 0.2) is 0 Å². The van der Waals surface area contributed by atoms with Crippen LogP contribution in [0.25, 0.3) is 0 Å². The van der Waals surface area contributed by atoms with E-state index in [1.165, 1.54) is 12.8 Å². The molecule has 0 aromatic carbocycles. The quantitative estimate of drug-likeness (QED) is 0.589. The van der Waals surface area contributed by atoms with E-state index < -0.39 is 0 Å². The Morgan fingerprint density at radius 3 is 2.69 bits per heavy atom. The fourth-order valence-electron chi connectivity index (χ4n) is 1.46. The van der Waals surface area contributed by atoms with Crippen molar-refractivity contribution < 1.29 is 4.79 Å². The fourth-order valence-corrected chi connectivity index (χ4v) is 1.46. The molecule has 0 aromatic heterocycles. The van der Waals surface area contributed by atoms with Gasteiger partial charge in [0.25, 0.3) is 0 Å². The predicted octanol–water partition coefficient (Wildman–Crippen LogP) is -0.456. The Morgan fingerprint density at radius 1 is 1.69 bits per heavy atom. The third-order valence-corrected chi connectivity index (χ3v) is 2.63. The smallest absolute Gasteiger partial charge is 0.234 e. The van der Waals surface area contributed by atoms with E-state index in [4.69, 9.17) is 5.73 Å². The molecular weight excluding hydrogens is 166 g/mol. The number of carbonyl (C=O) groups is 1. The van der Waals surface area contributed by atoms with Crippen LogP contribution in [0.4, 0.5) is 0 Å². The second-order valence-electron chi connectivity index (χ2n) is 3.74. The standard InChI is InChI=1S/C9H19N3O/c1-11-8(9(10)13)5-6-12(2)7-3-4-7/h7-8,11H,3-6H2,1-2H3,(H2,10,13). The SMILES string of the molecule is CNC(CCN(C)C1CC1)C(N)=O. The maximum absolute atomic E-state index is 10.9. The van der Waals surface area contributed by atoms with Gasteiger partial charge in [0.1, 0.15) is 0 Å². The molecule has 4 heteroatoms. The lowest BCUT2D eigenvalue weighted by Crippen LogP contribution is -2.41. The molecule has 76 valence electrons. The summed E-state index contributed by atoms with van der Waals surface area (Å²) in [5.74, 6) is -0.258. The summed E-state index contributed by atoms with van der Waals surface area (Å²) < 4.78 is 0. The van der Waals surface area contributed by atoms with E-state index in [1.807, 2.05) is 0 Å². The average molecular weight is 185 g/mol. The molecule has 0 saturated heterocycles. The van der Waals surface area contributed by atoms with Crippen molar-refractivity contribution in [1.82, 2.24) is 10.2 Å². The summed E-state index contributed by atoms with van der Waals surface area (Å²) >= 11 is 0. The number of carbonyl (C=O) groups excluding carboxylic acids is 1. The molecule has 1 saturated carbocycles. The molecule has 1 fully saturated rings. The summed E-state index contributed by atoms with van der Waals surface area (Å²) in [6, 6.07) is 0.576. The van der Waals surface area contributed by atoms with E-state index >= 15 is 0 Å². The molecule has 13 heavy (non-hydrogen) atoms. The maximum Gasteiger partial charge on any atom is 0.234 e. The Bertz CT molecular complexity index is 180. The van der Waals surface area contributed by atoms with E-state index in [2.05, 4.69) is 17.3 Å². The van der Waals surface area contributed by atoms with Crippen molar-refractivity contribution in [1.29, 1.82) is 0 Å². The highest BCUT2D eigenvalue weighted by atomic mass is 16.1. The Balaban J connectivity index is 2.18. The van der Waals surface area contributed by atoms with Crippen LogP contribution in [0.1, 0.15) is 19.3 Å². The zero-order valence-electron chi connectivity index (χ0n) is 8.42. The Kier molecular flexibility index (Phi) is 3.69. The van der Waals surface area contributed by atoms with Gasteiger partial charge in [-0.2, -0.15) is 0 Å². The minimum Gasteiger partial charge on any atom is -0.368 e. The van der Waals surface area contributed by atoms with Gasteiger partial charge in [0.15, 0.2) is 0 Å². The molecule has 1 aliphatic rings. The van der Waals surface area contributed by atoms with Crippen molar-refractivity contribution in [3.05, 3.63) is 0 Å². The molecule has 3 N–H and O–H groups in total. The van der Waals surface area contributed by atoms with Crippen molar-refractivity contribution >= 4 is 5.91 Å². The Hall–Kier alpha value is -0.610. The number of primary amides is 1. The van der Waals surface area contributed by atoms with Gasteiger partial charge in [-0.3, -0.25) is 4.79 Å². The van der Waals surface area contributed by atoms with E-state index in [0.29, 0.717) is 0 Å². The third-order valence-electron chi connectivity index (χ3n) is 2.63. The highest BCUT2D eigenvalue weighted by molar-refractivity contribution is 5.79. The number of likely N-dealkylation sites (N-methyl/N-ethyl adjacent to an activating group) is 1. The van der Waals surface area contributed by atoms with Crippen molar-refractivity contribution in [2.45, 2.75) is 31.3 Å². The minimum absolute atomic E-state index is 0.179. The second-order valence-corrected chi connectivity index (χ2v) is 3.74. The molecule has 1 atom stereocenters. The molecule has 0 bridgehead atoms. The number of rotatable bonds is 6. The van der Waals surface area contributed by atoms with Gasteiger partial charge >= 0.3 is 0 Å². The number of hydrogen-bond acceptors (Lipinski definition) is 3. The summed E-state index contributed by atoms with van der Waals surface area (Å²) in [5.41, 5.74) is 5.21. The second kappa shape index (κ2) is 4.58. The van der Waals surface area contributed by atoms with Crippen LogP contribution >= 0.6 is 0 Å². The van der Waals surface area contributed by atoms with Crippen molar-refractivity contribution in [3.63, 3.8) is 0 Å². The molecule has 1 rings (SSSR count). The first-order chi connectivity index (χ1) is 6.15. The number of nitrogens with one attached hydrogen (secondary N) is 1.